The van der Waals surface area contributed by atoms with Crippen LogP contribution in [0, 0.1) is 0 Å². The van der Waals surface area contributed by atoms with Crippen molar-refractivity contribution < 1.29 is 17.6 Å². The van der Waals surface area contributed by atoms with E-state index in [0.29, 0.717) is 32.2 Å². The van der Waals surface area contributed by atoms with Crippen LogP contribution in [0.2, 0.25) is 5.02 Å². The van der Waals surface area contributed by atoms with Crippen LogP contribution in [-0.4, -0.2) is 41.1 Å². The van der Waals surface area contributed by atoms with Gasteiger partial charge in [-0.25, -0.2) is 8.42 Å². The molecule has 27 heavy (non-hydrogen) atoms. The van der Waals surface area contributed by atoms with E-state index < -0.39 is 9.84 Å². The molecule has 0 N–H and O–H groups in total. The van der Waals surface area contributed by atoms with Crippen molar-refractivity contribution >= 4 is 61.7 Å². The van der Waals surface area contributed by atoms with Crippen molar-refractivity contribution in [2.75, 3.05) is 11.5 Å². The molecule has 2 fully saturated rings. The van der Waals surface area contributed by atoms with E-state index in [1.807, 2.05) is 18.2 Å². The number of nitrogens with zero attached hydrogens (tertiary/aromatic N) is 1. The summed E-state index contributed by atoms with van der Waals surface area (Å²) < 4.78 is 29.6. The summed E-state index contributed by atoms with van der Waals surface area (Å²) in [6, 6.07) is 10.5. The number of carbonyl (C=O) groups excluding carboxylic acids is 1. The number of sulfone groups is 1. The topological polar surface area (TPSA) is 67.6 Å². The Hall–Kier alpha value is -1.61. The summed E-state index contributed by atoms with van der Waals surface area (Å²) >= 11 is 12.4. The van der Waals surface area contributed by atoms with E-state index in [4.69, 9.17) is 28.2 Å². The second kappa shape index (κ2) is 7.09. The molecule has 5 nitrogen and oxygen atoms in total. The number of carbonyl (C=O) groups is 1. The Morgan fingerprint density at radius 1 is 1.22 bits per heavy atom. The van der Waals surface area contributed by atoms with Gasteiger partial charge in [0.05, 0.1) is 22.5 Å². The number of hydrogen-bond donors (Lipinski definition) is 0. The molecule has 1 aromatic heterocycles. The lowest BCUT2D eigenvalue weighted by molar-refractivity contribution is -0.123. The van der Waals surface area contributed by atoms with Gasteiger partial charge in [0, 0.05) is 16.7 Å². The van der Waals surface area contributed by atoms with Gasteiger partial charge in [0.2, 0.25) is 0 Å². The molecule has 140 valence electrons. The largest absolute Gasteiger partial charge is 0.457 e. The minimum atomic E-state index is -3.10. The zero-order chi connectivity index (χ0) is 19.2. The summed E-state index contributed by atoms with van der Waals surface area (Å²) in [5.41, 5.74) is 0.878. The van der Waals surface area contributed by atoms with Crippen LogP contribution in [0.5, 0.6) is 0 Å². The van der Waals surface area contributed by atoms with E-state index >= 15 is 0 Å². The van der Waals surface area contributed by atoms with Crippen molar-refractivity contribution in [1.29, 1.82) is 0 Å². The highest BCUT2D eigenvalue weighted by atomic mass is 35.5. The highest BCUT2D eigenvalue weighted by Gasteiger charge is 2.42. The number of thioether (sulfide) groups is 1. The number of thiocarbonyl (C=S) groups is 1. The molecule has 1 unspecified atom stereocenters. The van der Waals surface area contributed by atoms with E-state index in [9.17, 15) is 13.2 Å². The van der Waals surface area contributed by atoms with E-state index in [1.54, 1.807) is 24.3 Å². The van der Waals surface area contributed by atoms with Gasteiger partial charge in [-0.2, -0.15) is 0 Å². The lowest BCUT2D eigenvalue weighted by Gasteiger charge is -2.20. The number of rotatable bonds is 3. The van der Waals surface area contributed by atoms with Crippen LogP contribution < -0.4 is 0 Å². The summed E-state index contributed by atoms with van der Waals surface area (Å²) in [6.07, 6.45) is 2.06. The van der Waals surface area contributed by atoms with Gasteiger partial charge in [-0.1, -0.05) is 35.6 Å². The lowest BCUT2D eigenvalue weighted by atomic mass is 10.2. The molecule has 0 radical (unpaired) electrons. The second-order valence-corrected chi connectivity index (χ2v) is 10.7. The van der Waals surface area contributed by atoms with Crippen molar-refractivity contribution in [1.82, 2.24) is 4.90 Å². The molecule has 0 aliphatic carbocycles. The zero-order valence-electron chi connectivity index (χ0n) is 13.9. The third kappa shape index (κ3) is 3.85. The molecule has 2 aromatic rings. The Labute approximate surface area is 171 Å². The summed E-state index contributed by atoms with van der Waals surface area (Å²) in [5, 5.41) is 0.642. The van der Waals surface area contributed by atoms with Crippen LogP contribution in [0.3, 0.4) is 0 Å². The highest BCUT2D eigenvalue weighted by Crippen LogP contribution is 2.37. The van der Waals surface area contributed by atoms with E-state index in [2.05, 4.69) is 0 Å². The van der Waals surface area contributed by atoms with Crippen molar-refractivity contribution in [2.24, 2.45) is 0 Å². The minimum Gasteiger partial charge on any atom is -0.457 e. The molecule has 4 rings (SSSR count). The molecule has 2 aliphatic heterocycles. The van der Waals surface area contributed by atoms with Crippen LogP contribution in [0.25, 0.3) is 17.4 Å². The fourth-order valence-electron chi connectivity index (χ4n) is 3.10. The molecule has 2 aliphatic rings. The molecule has 1 aromatic carbocycles. The maximum absolute atomic E-state index is 12.7. The first-order valence-corrected chi connectivity index (χ1v) is 11.6. The summed E-state index contributed by atoms with van der Waals surface area (Å²) in [7, 11) is -3.10. The van der Waals surface area contributed by atoms with Gasteiger partial charge in [0.15, 0.2) is 9.84 Å². The van der Waals surface area contributed by atoms with Gasteiger partial charge in [-0.05, 0) is 42.8 Å². The Morgan fingerprint density at radius 3 is 2.63 bits per heavy atom. The fraction of sp³-hybridized carbons (Fsp3) is 0.222. The smallest absolute Gasteiger partial charge is 0.266 e. The molecule has 1 amide bonds. The molecule has 0 spiro atoms. The molecular weight excluding hydrogens is 426 g/mol. The van der Waals surface area contributed by atoms with Crippen LogP contribution in [0.15, 0.2) is 45.7 Å². The monoisotopic (exact) mass is 439 g/mol. The molecule has 3 heterocycles. The first-order chi connectivity index (χ1) is 12.8. The molecule has 9 heteroatoms. The molecule has 2 saturated heterocycles. The van der Waals surface area contributed by atoms with Gasteiger partial charge in [0.25, 0.3) is 5.91 Å². The molecule has 0 saturated carbocycles. The van der Waals surface area contributed by atoms with Crippen LogP contribution >= 0.6 is 35.6 Å². The maximum Gasteiger partial charge on any atom is 0.266 e. The predicted molar refractivity (Wildman–Crippen MR) is 111 cm³/mol. The van der Waals surface area contributed by atoms with Crippen molar-refractivity contribution in [3.63, 3.8) is 0 Å². The first kappa shape index (κ1) is 18.7. The van der Waals surface area contributed by atoms with Gasteiger partial charge in [0.1, 0.15) is 15.8 Å². The van der Waals surface area contributed by atoms with Gasteiger partial charge < -0.3 is 4.42 Å². The molecule has 1 atom stereocenters. The predicted octanol–water partition coefficient (Wildman–Crippen LogP) is 3.99. The number of amides is 1. The third-order valence-corrected chi connectivity index (χ3v) is 7.76. The first-order valence-electron chi connectivity index (χ1n) is 8.16. The Bertz CT molecular complexity index is 1060. The van der Waals surface area contributed by atoms with Crippen molar-refractivity contribution in [3.8, 4) is 11.3 Å². The molecular formula is C18H14ClNO4S3. The zero-order valence-corrected chi connectivity index (χ0v) is 17.1. The van der Waals surface area contributed by atoms with Gasteiger partial charge >= 0.3 is 0 Å². The third-order valence-electron chi connectivity index (χ3n) is 4.43. The minimum absolute atomic E-state index is 0.0335. The average Bonchev–Trinajstić information content (AvgIpc) is 3.28. The quantitative estimate of drug-likeness (QED) is 0.532. The van der Waals surface area contributed by atoms with Crippen molar-refractivity contribution in [2.45, 2.75) is 12.5 Å². The number of halogens is 1. The summed E-state index contributed by atoms with van der Waals surface area (Å²) in [4.78, 5) is 14.6. The second-order valence-electron chi connectivity index (χ2n) is 6.32. The standard InChI is InChI=1S/C18H14ClNO4S3/c19-12-3-1-11(2-4-12)15-6-5-14(24-15)9-16-17(21)20(18(25)26-16)13-7-8-27(22,23)10-13/h1-6,9,13H,7-8,10H2. The Morgan fingerprint density at radius 2 is 1.96 bits per heavy atom. The van der Waals surface area contributed by atoms with Crippen molar-refractivity contribution in [3.05, 3.63) is 52.1 Å². The fourth-order valence-corrected chi connectivity index (χ4v) is 6.31. The average molecular weight is 440 g/mol. The summed E-state index contributed by atoms with van der Waals surface area (Å²) in [6.45, 7) is 0. The van der Waals surface area contributed by atoms with Crippen LogP contribution in [-0.2, 0) is 14.6 Å². The van der Waals surface area contributed by atoms with E-state index in [0.717, 1.165) is 5.56 Å². The van der Waals surface area contributed by atoms with Gasteiger partial charge in [-0.3, -0.25) is 9.69 Å². The van der Waals surface area contributed by atoms with E-state index in [-0.39, 0.29) is 23.5 Å². The molecule has 0 bridgehead atoms. The van der Waals surface area contributed by atoms with Crippen LogP contribution in [0.1, 0.15) is 12.2 Å². The van der Waals surface area contributed by atoms with Crippen LogP contribution in [0.4, 0.5) is 0 Å². The number of hydrogen-bond acceptors (Lipinski definition) is 6. The number of furan rings is 1. The van der Waals surface area contributed by atoms with E-state index in [1.165, 1.54) is 16.7 Å². The maximum atomic E-state index is 12.7. The SMILES string of the molecule is O=C1C(=Cc2ccc(-c3ccc(Cl)cc3)o2)SC(=S)N1C1CCS(=O)(=O)C1. The Balaban J connectivity index is 1.56. The number of benzene rings is 1. The summed E-state index contributed by atoms with van der Waals surface area (Å²) in [5.74, 6) is 0.983. The normalized spacial score (nSPS) is 23.5. The highest BCUT2D eigenvalue weighted by molar-refractivity contribution is 8.26. The Kier molecular flexibility index (Phi) is 4.92. The van der Waals surface area contributed by atoms with Gasteiger partial charge in [-0.15, -0.1) is 0 Å². The lowest BCUT2D eigenvalue weighted by Crippen LogP contribution is -2.39.